The molecule has 1 rings (SSSR count). The van der Waals surface area contributed by atoms with Crippen LogP contribution >= 0.6 is 0 Å². The zero-order chi connectivity index (χ0) is 20.2. The maximum Gasteiger partial charge on any atom is 0.332 e. The average Bonchev–Trinajstić information content (AvgIpc) is 2.43. The third-order valence-corrected chi connectivity index (χ3v) is 3.83. The zero-order valence-corrected chi connectivity index (χ0v) is 17.0. The van der Waals surface area contributed by atoms with Crippen LogP contribution in [0.5, 0.6) is 0 Å². The number of ketones is 1. The summed E-state index contributed by atoms with van der Waals surface area (Å²) < 4.78 is 39.9. The molecule has 6 nitrogen and oxygen atoms in total. The van der Waals surface area contributed by atoms with E-state index in [1.54, 1.807) is 0 Å². The summed E-state index contributed by atoms with van der Waals surface area (Å²) in [5.41, 5.74) is 0.591. The first-order valence-corrected chi connectivity index (χ1v) is 9.45. The predicted octanol–water partition coefficient (Wildman–Crippen LogP) is 0.554. The van der Waals surface area contributed by atoms with E-state index >= 15 is 0 Å². The number of Topliss-reactive ketones (excluding diaryl/α,β-unsaturated/α-hetero) is 1. The van der Waals surface area contributed by atoms with Crippen LogP contribution in [0, 0.1) is 16.2 Å². The van der Waals surface area contributed by atoms with Crippen molar-refractivity contribution in [3.63, 3.8) is 0 Å². The molecule has 0 aliphatic carbocycles. The van der Waals surface area contributed by atoms with Crippen LogP contribution in [-0.4, -0.2) is 5.78 Å². The van der Waals surface area contributed by atoms with Gasteiger partial charge in [0.1, 0.15) is 5.78 Å². The molecule has 0 atom stereocenters. The molecule has 0 saturated heterocycles. The number of hydrogen-bond donors (Lipinski definition) is 0. The first-order chi connectivity index (χ1) is 11.1. The molecule has 0 fully saturated rings. The molecule has 144 valence electrons. The van der Waals surface area contributed by atoms with E-state index in [1.165, 1.54) is 0 Å². The molecule has 0 aliphatic rings. The van der Waals surface area contributed by atoms with Crippen molar-refractivity contribution in [2.75, 3.05) is 0 Å². The fourth-order valence-electron chi connectivity index (χ4n) is 2.34. The third-order valence-electron chi connectivity index (χ3n) is 3.83. The topological polar surface area (TPSA) is 121 Å². The number of hydrogen-bond acceptors (Lipinski definition) is 5. The number of carbonyl (C=O) groups excluding carboxylic acids is 1. The Kier molecular flexibility index (Phi) is 8.67. The Balaban J connectivity index is 0.00000101. The summed E-state index contributed by atoms with van der Waals surface area (Å²) in [6.45, 7) is 16.4. The molecule has 0 spiro atoms. The van der Waals surface area contributed by atoms with Gasteiger partial charge < -0.3 is 0 Å². The highest BCUT2D eigenvalue weighted by Crippen LogP contribution is 2.32. The maximum absolute atomic E-state index is 12.5. The summed E-state index contributed by atoms with van der Waals surface area (Å²) in [5.74, 6) is 2.85. The van der Waals surface area contributed by atoms with Crippen LogP contribution in [0.15, 0.2) is 16.5 Å². The van der Waals surface area contributed by atoms with Gasteiger partial charge in [0, 0.05) is 23.5 Å². The minimum Gasteiger partial charge on any atom is -0.298 e. The highest BCUT2D eigenvalue weighted by Gasteiger charge is 2.35. The minimum atomic E-state index is -4.94. The van der Waals surface area contributed by atoms with E-state index in [-0.39, 0.29) is 11.7 Å². The smallest absolute Gasteiger partial charge is 0.298 e. The lowest BCUT2D eigenvalue weighted by atomic mass is 9.76. The molecule has 0 aliphatic heterocycles. The third kappa shape index (κ3) is 8.25. The number of carbonyl (C=O) groups is 1. The fourth-order valence-corrected chi connectivity index (χ4v) is 2.34. The largest absolute Gasteiger partial charge is 0.332 e. The molecule has 0 radical (unpaired) electrons. The Bertz CT molecular complexity index is 541. The van der Waals surface area contributed by atoms with Crippen LogP contribution < -0.4 is 18.6 Å². The van der Waals surface area contributed by atoms with E-state index in [0.29, 0.717) is 11.8 Å². The van der Waals surface area contributed by atoms with Crippen molar-refractivity contribution in [3.8, 4) is 0 Å². The summed E-state index contributed by atoms with van der Waals surface area (Å²) in [6.07, 6.45) is 0. The monoisotopic (exact) mass is 376 g/mol. The van der Waals surface area contributed by atoms with Gasteiger partial charge in [0.2, 0.25) is 0 Å². The maximum atomic E-state index is 12.5. The van der Waals surface area contributed by atoms with Gasteiger partial charge in [-0.1, -0.05) is 41.5 Å². The van der Waals surface area contributed by atoms with Crippen molar-refractivity contribution in [2.45, 2.75) is 72.6 Å². The first kappa shape index (κ1) is 23.9. The van der Waals surface area contributed by atoms with Gasteiger partial charge in [-0.3, -0.25) is 4.79 Å². The van der Waals surface area contributed by atoms with Crippen molar-refractivity contribution in [3.05, 3.63) is 29.2 Å². The molecule has 1 aromatic heterocycles. The van der Waals surface area contributed by atoms with Crippen LogP contribution in [0.4, 0.5) is 0 Å². The summed E-state index contributed by atoms with van der Waals surface area (Å²) in [5, 5.41) is 0. The second kappa shape index (κ2) is 9.05. The van der Waals surface area contributed by atoms with Gasteiger partial charge in [-0.05, 0) is 19.4 Å². The Labute approximate surface area is 152 Å². The van der Waals surface area contributed by atoms with Gasteiger partial charge in [0.25, 0.3) is 0 Å². The zero-order valence-electron chi connectivity index (χ0n) is 16.2. The van der Waals surface area contributed by atoms with E-state index in [0.717, 1.165) is 17.1 Å². The molecule has 7 heteroatoms. The van der Waals surface area contributed by atoms with Crippen molar-refractivity contribution in [2.24, 2.45) is 5.92 Å². The van der Waals surface area contributed by atoms with Crippen molar-refractivity contribution in [1.29, 1.82) is 0 Å². The van der Waals surface area contributed by atoms with Gasteiger partial charge >= 0.3 is 11.5 Å². The fraction of sp³-hybridized carbons (Fsp3) is 0.667. The molecule has 0 bridgehead atoms. The van der Waals surface area contributed by atoms with Crippen molar-refractivity contribution < 1.29 is 38.1 Å². The van der Waals surface area contributed by atoms with Crippen LogP contribution in [0.25, 0.3) is 0 Å². The molecular formula is C18H29ClO6. The standard InChI is InChI=1S/C18H29O2.ClHO4/c1-11(2)15-9-14(10-16(20-15)12(3)4)18(7,8)17(19)13(5)6;2-1(3,4)5/h9-13H,1-8H3;(H,2,3,4,5)/q+1;/p-1. The molecule has 0 unspecified atom stereocenters. The van der Waals surface area contributed by atoms with E-state index < -0.39 is 15.7 Å². The van der Waals surface area contributed by atoms with Crippen molar-refractivity contribution in [1.82, 2.24) is 0 Å². The highest BCUT2D eigenvalue weighted by atomic mass is 35.7. The van der Waals surface area contributed by atoms with E-state index in [9.17, 15) is 4.79 Å². The molecule has 0 aromatic carbocycles. The van der Waals surface area contributed by atoms with E-state index in [2.05, 4.69) is 39.8 Å². The molecule has 1 heterocycles. The summed E-state index contributed by atoms with van der Waals surface area (Å²) in [7, 11) is -4.94. The van der Waals surface area contributed by atoms with Gasteiger partial charge in [-0.25, -0.2) is 23.1 Å². The van der Waals surface area contributed by atoms with Gasteiger partial charge in [-0.2, -0.15) is 0 Å². The lowest BCUT2D eigenvalue weighted by Crippen LogP contribution is -2.68. The van der Waals surface area contributed by atoms with Gasteiger partial charge in [0.15, 0.2) is 0 Å². The van der Waals surface area contributed by atoms with Crippen LogP contribution in [0.3, 0.4) is 0 Å². The lowest BCUT2D eigenvalue weighted by Gasteiger charge is -2.25. The highest BCUT2D eigenvalue weighted by molar-refractivity contribution is 5.90. The predicted molar refractivity (Wildman–Crippen MR) is 84.2 cm³/mol. The molecular weight excluding hydrogens is 348 g/mol. The summed E-state index contributed by atoms with van der Waals surface area (Å²) >= 11 is 0. The Morgan fingerprint density at radius 2 is 1.24 bits per heavy atom. The summed E-state index contributed by atoms with van der Waals surface area (Å²) in [4.78, 5) is 12.5. The molecule has 0 N–H and O–H groups in total. The molecule has 1 aromatic rings. The molecule has 25 heavy (non-hydrogen) atoms. The quantitative estimate of drug-likeness (QED) is 0.692. The average molecular weight is 377 g/mol. The second-order valence-electron chi connectivity index (χ2n) is 7.48. The number of halogens is 1. The Morgan fingerprint density at radius 3 is 1.48 bits per heavy atom. The normalized spacial score (nSPS) is 12.4. The van der Waals surface area contributed by atoms with E-state index in [4.69, 9.17) is 23.1 Å². The minimum absolute atomic E-state index is 0.0344. The molecule has 0 amide bonds. The lowest BCUT2D eigenvalue weighted by molar-refractivity contribution is -2.00. The second-order valence-corrected chi connectivity index (χ2v) is 8.24. The van der Waals surface area contributed by atoms with Gasteiger partial charge in [0.05, 0.1) is 11.8 Å². The Hall–Kier alpha value is -1.05. The van der Waals surface area contributed by atoms with E-state index in [1.807, 2.05) is 27.7 Å². The van der Waals surface area contributed by atoms with Crippen LogP contribution in [0.1, 0.15) is 84.3 Å². The first-order valence-electron chi connectivity index (χ1n) is 8.21. The van der Waals surface area contributed by atoms with Gasteiger partial charge in [-0.15, -0.1) is 10.2 Å². The van der Waals surface area contributed by atoms with Crippen LogP contribution in [-0.2, 0) is 10.2 Å². The molecule has 0 saturated carbocycles. The number of rotatable bonds is 5. The van der Waals surface area contributed by atoms with Crippen molar-refractivity contribution >= 4 is 5.78 Å². The van der Waals surface area contributed by atoms with Crippen LogP contribution in [0.2, 0.25) is 0 Å². The SMILES string of the molecule is CC(C)C(=O)C(C)(C)c1cc(C(C)C)[o+]c(C(C)C)c1.[O-][Cl+3]([O-])([O-])[O-]. The summed E-state index contributed by atoms with van der Waals surface area (Å²) in [6, 6.07) is 4.10. The Morgan fingerprint density at radius 1 is 0.920 bits per heavy atom.